The van der Waals surface area contributed by atoms with Gasteiger partial charge in [-0.2, -0.15) is 0 Å². The fourth-order valence-corrected chi connectivity index (χ4v) is 2.41. The molecule has 0 saturated carbocycles. The molecule has 0 atom stereocenters. The molecule has 0 heterocycles. The molecule has 0 aromatic heterocycles. The quantitative estimate of drug-likeness (QED) is 0.751. The van der Waals surface area contributed by atoms with Gasteiger partial charge in [0.1, 0.15) is 12.4 Å². The molecule has 0 amide bonds. The summed E-state index contributed by atoms with van der Waals surface area (Å²) in [5.41, 5.74) is 2.40. The topological polar surface area (TPSA) is 12.5 Å². The van der Waals surface area contributed by atoms with Crippen LogP contribution in [0.5, 0.6) is 5.75 Å². The summed E-state index contributed by atoms with van der Waals surface area (Å²) < 4.78 is 5.78. The smallest absolute Gasteiger partial charge is 0.138 e. The molecule has 2 aromatic carbocycles. The van der Waals surface area contributed by atoms with E-state index in [1.807, 2.05) is 42.5 Å². The minimum atomic E-state index is 0.542. The van der Waals surface area contributed by atoms with Gasteiger partial charge >= 0.3 is 0 Å². The summed E-state index contributed by atoms with van der Waals surface area (Å²) in [6.07, 6.45) is 2.17. The second-order valence-corrected chi connectivity index (χ2v) is 5.85. The van der Waals surface area contributed by atoms with Crippen LogP contribution >= 0.6 is 11.6 Å². The summed E-state index contributed by atoms with van der Waals surface area (Å²) in [7, 11) is 4.18. The zero-order valence-corrected chi connectivity index (χ0v) is 13.4. The Morgan fingerprint density at radius 3 is 2.43 bits per heavy atom. The monoisotopic (exact) mass is 303 g/mol. The summed E-state index contributed by atoms with van der Waals surface area (Å²) in [4.78, 5) is 2.19. The maximum atomic E-state index is 6.30. The number of halogens is 1. The molecule has 3 heteroatoms. The Morgan fingerprint density at radius 2 is 1.76 bits per heavy atom. The van der Waals surface area contributed by atoms with Crippen molar-refractivity contribution in [2.75, 3.05) is 20.6 Å². The second-order valence-electron chi connectivity index (χ2n) is 5.45. The molecule has 2 nitrogen and oxygen atoms in total. The van der Waals surface area contributed by atoms with Crippen LogP contribution in [0, 0.1) is 0 Å². The van der Waals surface area contributed by atoms with Gasteiger partial charge < -0.3 is 9.64 Å². The van der Waals surface area contributed by atoms with Gasteiger partial charge in [0.2, 0.25) is 0 Å². The molecule has 2 aromatic rings. The Balaban J connectivity index is 1.90. The molecular weight excluding hydrogens is 282 g/mol. The third-order valence-corrected chi connectivity index (χ3v) is 3.60. The SMILES string of the molecule is CN(C)CCCc1ccc(OCc2ccccc2)c(Cl)c1. The van der Waals surface area contributed by atoms with Crippen LogP contribution in [-0.4, -0.2) is 25.5 Å². The van der Waals surface area contributed by atoms with Crippen molar-refractivity contribution < 1.29 is 4.74 Å². The minimum Gasteiger partial charge on any atom is -0.487 e. The first kappa shape index (κ1) is 15.9. The van der Waals surface area contributed by atoms with Gasteiger partial charge in [-0.05, 0) is 56.7 Å². The van der Waals surface area contributed by atoms with Gasteiger partial charge in [0.25, 0.3) is 0 Å². The summed E-state index contributed by atoms with van der Waals surface area (Å²) in [5.74, 6) is 0.747. The third-order valence-electron chi connectivity index (χ3n) is 3.30. The Hall–Kier alpha value is -1.51. The summed E-state index contributed by atoms with van der Waals surface area (Å²) >= 11 is 6.30. The highest BCUT2D eigenvalue weighted by atomic mass is 35.5. The normalized spacial score (nSPS) is 10.9. The number of nitrogens with zero attached hydrogens (tertiary/aromatic N) is 1. The van der Waals surface area contributed by atoms with E-state index in [-0.39, 0.29) is 0 Å². The largest absolute Gasteiger partial charge is 0.487 e. The minimum absolute atomic E-state index is 0.542. The first-order valence-corrected chi connectivity index (χ1v) is 7.63. The lowest BCUT2D eigenvalue weighted by Crippen LogP contribution is -2.13. The molecule has 0 bridgehead atoms. The lowest BCUT2D eigenvalue weighted by atomic mass is 10.1. The van der Waals surface area contributed by atoms with Gasteiger partial charge in [0.15, 0.2) is 0 Å². The standard InChI is InChI=1S/C18H22ClNO/c1-20(2)12-6-9-15-10-11-18(17(19)13-15)21-14-16-7-4-3-5-8-16/h3-5,7-8,10-11,13H,6,9,12,14H2,1-2H3. The highest BCUT2D eigenvalue weighted by molar-refractivity contribution is 6.32. The van der Waals surface area contributed by atoms with Crippen molar-refractivity contribution in [3.8, 4) is 5.75 Å². The van der Waals surface area contributed by atoms with Crippen molar-refractivity contribution in [3.05, 3.63) is 64.7 Å². The summed E-state index contributed by atoms with van der Waals surface area (Å²) in [6.45, 7) is 1.63. The van der Waals surface area contributed by atoms with Crippen LogP contribution in [-0.2, 0) is 13.0 Å². The highest BCUT2D eigenvalue weighted by Gasteiger charge is 2.04. The Morgan fingerprint density at radius 1 is 1.00 bits per heavy atom. The van der Waals surface area contributed by atoms with Crippen LogP contribution in [0.2, 0.25) is 5.02 Å². The van der Waals surface area contributed by atoms with Gasteiger partial charge in [-0.3, -0.25) is 0 Å². The van der Waals surface area contributed by atoms with Crippen molar-refractivity contribution in [2.45, 2.75) is 19.4 Å². The lowest BCUT2D eigenvalue weighted by molar-refractivity contribution is 0.306. The van der Waals surface area contributed by atoms with Crippen molar-refractivity contribution in [1.29, 1.82) is 0 Å². The molecule has 0 saturated heterocycles. The van der Waals surface area contributed by atoms with E-state index in [2.05, 4.69) is 25.1 Å². The van der Waals surface area contributed by atoms with Crippen LogP contribution in [0.25, 0.3) is 0 Å². The maximum Gasteiger partial charge on any atom is 0.138 e. The molecule has 0 N–H and O–H groups in total. The van der Waals surface area contributed by atoms with Crippen molar-refractivity contribution in [3.63, 3.8) is 0 Å². The Labute approximate surface area is 132 Å². The maximum absolute atomic E-state index is 6.30. The second kappa shape index (κ2) is 8.06. The third kappa shape index (κ3) is 5.41. The highest BCUT2D eigenvalue weighted by Crippen LogP contribution is 2.26. The van der Waals surface area contributed by atoms with Crippen LogP contribution in [0.4, 0.5) is 0 Å². The van der Waals surface area contributed by atoms with E-state index < -0.39 is 0 Å². The number of aryl methyl sites for hydroxylation is 1. The van der Waals surface area contributed by atoms with Gasteiger partial charge in [0, 0.05) is 0 Å². The number of hydrogen-bond donors (Lipinski definition) is 0. The molecule has 0 unspecified atom stereocenters. The summed E-state index contributed by atoms with van der Waals surface area (Å²) in [5, 5.41) is 0.688. The van der Waals surface area contributed by atoms with Gasteiger partial charge in [-0.15, -0.1) is 0 Å². The van der Waals surface area contributed by atoms with Gasteiger partial charge in [-0.25, -0.2) is 0 Å². The molecule has 0 aliphatic carbocycles. The van der Waals surface area contributed by atoms with Crippen molar-refractivity contribution in [2.24, 2.45) is 0 Å². The van der Waals surface area contributed by atoms with E-state index in [1.54, 1.807) is 0 Å². The van der Waals surface area contributed by atoms with E-state index in [4.69, 9.17) is 16.3 Å². The van der Waals surface area contributed by atoms with Crippen LogP contribution in [0.15, 0.2) is 48.5 Å². The number of rotatable bonds is 7. The first-order valence-electron chi connectivity index (χ1n) is 7.25. The molecule has 0 spiro atoms. The molecular formula is C18H22ClNO. The molecule has 0 fully saturated rings. The Bertz CT molecular complexity index is 554. The number of benzene rings is 2. The molecule has 0 aliphatic rings. The van der Waals surface area contributed by atoms with Crippen LogP contribution < -0.4 is 4.74 Å². The first-order chi connectivity index (χ1) is 10.1. The molecule has 0 aliphatic heterocycles. The van der Waals surface area contributed by atoms with Crippen molar-refractivity contribution >= 4 is 11.6 Å². The van der Waals surface area contributed by atoms with Gasteiger partial charge in [-0.1, -0.05) is 48.0 Å². The number of ether oxygens (including phenoxy) is 1. The van der Waals surface area contributed by atoms with E-state index in [0.29, 0.717) is 11.6 Å². The van der Waals surface area contributed by atoms with E-state index in [0.717, 1.165) is 30.7 Å². The van der Waals surface area contributed by atoms with Crippen LogP contribution in [0.3, 0.4) is 0 Å². The van der Waals surface area contributed by atoms with E-state index >= 15 is 0 Å². The molecule has 21 heavy (non-hydrogen) atoms. The average molecular weight is 304 g/mol. The summed E-state index contributed by atoms with van der Waals surface area (Å²) in [6, 6.07) is 16.2. The average Bonchev–Trinajstić information content (AvgIpc) is 2.47. The zero-order valence-electron chi connectivity index (χ0n) is 12.7. The number of hydrogen-bond acceptors (Lipinski definition) is 2. The van der Waals surface area contributed by atoms with Crippen molar-refractivity contribution in [1.82, 2.24) is 4.90 Å². The fourth-order valence-electron chi connectivity index (χ4n) is 2.15. The van der Waals surface area contributed by atoms with E-state index in [1.165, 1.54) is 5.56 Å². The Kier molecular flexibility index (Phi) is 6.09. The molecule has 2 rings (SSSR count). The fraction of sp³-hybridized carbons (Fsp3) is 0.333. The predicted molar refractivity (Wildman–Crippen MR) is 89.1 cm³/mol. The lowest BCUT2D eigenvalue weighted by Gasteiger charge is -2.11. The zero-order chi connectivity index (χ0) is 15.1. The van der Waals surface area contributed by atoms with Crippen LogP contribution in [0.1, 0.15) is 17.5 Å². The van der Waals surface area contributed by atoms with Gasteiger partial charge in [0.05, 0.1) is 5.02 Å². The molecule has 112 valence electrons. The predicted octanol–water partition coefficient (Wildman–Crippen LogP) is 4.41. The van der Waals surface area contributed by atoms with E-state index in [9.17, 15) is 0 Å². The molecule has 0 radical (unpaired) electrons.